The Balaban J connectivity index is 1.72. The van der Waals surface area contributed by atoms with E-state index >= 15 is 0 Å². The van der Waals surface area contributed by atoms with Crippen LogP contribution >= 0.6 is 11.3 Å². The zero-order valence-corrected chi connectivity index (χ0v) is 17.8. The molecule has 0 aliphatic carbocycles. The van der Waals surface area contributed by atoms with Crippen molar-refractivity contribution in [3.8, 4) is 17.0 Å². The predicted molar refractivity (Wildman–Crippen MR) is 116 cm³/mol. The number of anilines is 2. The molecule has 0 fully saturated rings. The van der Waals surface area contributed by atoms with Gasteiger partial charge in [-0.15, -0.1) is 11.3 Å². The number of rotatable bonds is 6. The Kier molecular flexibility index (Phi) is 5.90. The van der Waals surface area contributed by atoms with Crippen LogP contribution in [0.5, 0.6) is 5.75 Å². The van der Waals surface area contributed by atoms with E-state index in [1.807, 2.05) is 19.9 Å². The van der Waals surface area contributed by atoms with Gasteiger partial charge in [-0.05, 0) is 35.7 Å². The van der Waals surface area contributed by atoms with E-state index in [4.69, 9.17) is 0 Å². The second-order valence-corrected chi connectivity index (χ2v) is 9.48. The Morgan fingerprint density at radius 1 is 1.14 bits per heavy atom. The van der Waals surface area contributed by atoms with Gasteiger partial charge < -0.3 is 5.11 Å². The van der Waals surface area contributed by atoms with Gasteiger partial charge in [0.05, 0.1) is 17.5 Å². The minimum atomic E-state index is -3.33. The minimum Gasteiger partial charge on any atom is -0.507 e. The lowest BCUT2D eigenvalue weighted by atomic mass is 10.0. The molecular formula is C20H21N3O4S2. The SMILES string of the molecule is CC(C)c1ccc(C(=O)Nc2nc(-c3ccc(NS(C)(=O)=O)cc3)cs2)c(O)c1. The Morgan fingerprint density at radius 3 is 2.41 bits per heavy atom. The maximum absolute atomic E-state index is 12.5. The molecule has 0 saturated carbocycles. The van der Waals surface area contributed by atoms with Crippen LogP contribution in [0, 0.1) is 0 Å². The lowest BCUT2D eigenvalue weighted by Crippen LogP contribution is -2.12. The number of aromatic nitrogens is 1. The van der Waals surface area contributed by atoms with Crippen LogP contribution in [-0.4, -0.2) is 30.7 Å². The van der Waals surface area contributed by atoms with Crippen molar-refractivity contribution in [2.45, 2.75) is 19.8 Å². The van der Waals surface area contributed by atoms with Crippen LogP contribution in [-0.2, 0) is 10.0 Å². The van der Waals surface area contributed by atoms with E-state index in [1.54, 1.807) is 41.8 Å². The fourth-order valence-electron chi connectivity index (χ4n) is 2.65. The topological polar surface area (TPSA) is 108 Å². The number of carbonyl (C=O) groups excluding carboxylic acids is 1. The summed E-state index contributed by atoms with van der Waals surface area (Å²) in [7, 11) is -3.33. The Bertz CT molecular complexity index is 1140. The van der Waals surface area contributed by atoms with Gasteiger partial charge in [-0.3, -0.25) is 14.8 Å². The minimum absolute atomic E-state index is 0.0700. The summed E-state index contributed by atoms with van der Waals surface area (Å²) in [6, 6.07) is 11.8. The number of hydrogen-bond donors (Lipinski definition) is 3. The average molecular weight is 432 g/mol. The lowest BCUT2D eigenvalue weighted by molar-refractivity contribution is 0.102. The number of thiazole rings is 1. The molecule has 3 aromatic rings. The summed E-state index contributed by atoms with van der Waals surface area (Å²) < 4.78 is 24.9. The van der Waals surface area contributed by atoms with E-state index in [9.17, 15) is 18.3 Å². The first-order valence-corrected chi connectivity index (χ1v) is 11.6. The predicted octanol–water partition coefficient (Wildman–Crippen LogP) is 4.26. The quantitative estimate of drug-likeness (QED) is 0.540. The molecule has 29 heavy (non-hydrogen) atoms. The van der Waals surface area contributed by atoms with Crippen molar-refractivity contribution < 1.29 is 18.3 Å². The van der Waals surface area contributed by atoms with Gasteiger partial charge in [-0.1, -0.05) is 32.0 Å². The van der Waals surface area contributed by atoms with Gasteiger partial charge in [-0.2, -0.15) is 0 Å². The van der Waals surface area contributed by atoms with E-state index in [2.05, 4.69) is 15.0 Å². The Hall–Kier alpha value is -2.91. The van der Waals surface area contributed by atoms with Crippen molar-refractivity contribution in [3.05, 3.63) is 59.0 Å². The van der Waals surface area contributed by atoms with Crippen LogP contribution in [0.15, 0.2) is 47.8 Å². The number of phenols is 1. The number of aromatic hydroxyl groups is 1. The molecule has 0 spiro atoms. The fraction of sp³-hybridized carbons (Fsp3) is 0.200. The summed E-state index contributed by atoms with van der Waals surface area (Å²) in [4.78, 5) is 16.9. The summed E-state index contributed by atoms with van der Waals surface area (Å²) in [5.74, 6) is -0.260. The second kappa shape index (κ2) is 8.22. The third-order valence-corrected chi connectivity index (χ3v) is 5.51. The summed E-state index contributed by atoms with van der Waals surface area (Å²) >= 11 is 1.26. The molecule has 0 saturated heterocycles. The number of sulfonamides is 1. The molecule has 1 amide bonds. The standard InChI is InChI=1S/C20H21N3O4S2/c1-12(2)14-6-9-16(18(24)10-14)19(25)22-20-21-17(11-28-20)13-4-7-15(8-5-13)23-29(3,26)27/h4-12,23-24H,1-3H3,(H,21,22,25). The van der Waals surface area contributed by atoms with Gasteiger partial charge >= 0.3 is 0 Å². The molecule has 0 aliphatic heterocycles. The number of carbonyl (C=O) groups is 1. The van der Waals surface area contributed by atoms with Gasteiger partial charge in [0, 0.05) is 16.6 Å². The third kappa shape index (κ3) is 5.33. The van der Waals surface area contributed by atoms with Crippen LogP contribution in [0.2, 0.25) is 0 Å². The van der Waals surface area contributed by atoms with Crippen molar-refractivity contribution in [2.75, 3.05) is 16.3 Å². The molecule has 3 N–H and O–H groups in total. The van der Waals surface area contributed by atoms with E-state index < -0.39 is 15.9 Å². The summed E-state index contributed by atoms with van der Waals surface area (Å²) in [6.45, 7) is 4.02. The molecule has 0 radical (unpaired) electrons. The third-order valence-electron chi connectivity index (χ3n) is 4.14. The largest absolute Gasteiger partial charge is 0.507 e. The Labute approximate surface area is 173 Å². The van der Waals surface area contributed by atoms with Gasteiger partial charge in [0.1, 0.15) is 5.75 Å². The molecule has 0 aliphatic rings. The highest BCUT2D eigenvalue weighted by Crippen LogP contribution is 2.28. The smallest absolute Gasteiger partial charge is 0.261 e. The molecule has 3 rings (SSSR count). The number of hydrogen-bond acceptors (Lipinski definition) is 6. The van der Waals surface area contributed by atoms with Crippen molar-refractivity contribution >= 4 is 38.1 Å². The first-order chi connectivity index (χ1) is 13.6. The van der Waals surface area contributed by atoms with Gasteiger partial charge in [0.25, 0.3) is 5.91 Å². The zero-order valence-electron chi connectivity index (χ0n) is 16.1. The normalized spacial score (nSPS) is 11.4. The molecule has 7 nitrogen and oxygen atoms in total. The number of amides is 1. The van der Waals surface area contributed by atoms with E-state index in [0.29, 0.717) is 16.5 Å². The zero-order chi connectivity index (χ0) is 21.2. The number of nitrogens with zero attached hydrogens (tertiary/aromatic N) is 1. The number of nitrogens with one attached hydrogen (secondary N) is 2. The van der Waals surface area contributed by atoms with Gasteiger partial charge in [0.2, 0.25) is 10.0 Å². The van der Waals surface area contributed by atoms with Gasteiger partial charge in [0.15, 0.2) is 5.13 Å². The van der Waals surface area contributed by atoms with Crippen LogP contribution < -0.4 is 10.0 Å². The number of benzene rings is 2. The molecule has 1 aromatic heterocycles. The van der Waals surface area contributed by atoms with E-state index in [0.717, 1.165) is 17.4 Å². The number of phenolic OH excluding ortho intramolecular Hbond substituents is 1. The van der Waals surface area contributed by atoms with Crippen molar-refractivity contribution in [1.82, 2.24) is 4.98 Å². The first kappa shape index (κ1) is 20.8. The van der Waals surface area contributed by atoms with Crippen molar-refractivity contribution in [2.24, 2.45) is 0 Å². The van der Waals surface area contributed by atoms with Crippen molar-refractivity contribution in [3.63, 3.8) is 0 Å². The molecular weight excluding hydrogens is 410 g/mol. The maximum Gasteiger partial charge on any atom is 0.261 e. The highest BCUT2D eigenvalue weighted by molar-refractivity contribution is 7.92. The summed E-state index contributed by atoms with van der Waals surface area (Å²) in [6.07, 6.45) is 1.09. The highest BCUT2D eigenvalue weighted by Gasteiger charge is 2.15. The average Bonchev–Trinajstić information content (AvgIpc) is 3.09. The molecule has 152 valence electrons. The molecule has 0 unspecified atom stereocenters. The lowest BCUT2D eigenvalue weighted by Gasteiger charge is -2.09. The van der Waals surface area contributed by atoms with E-state index in [-0.39, 0.29) is 17.2 Å². The molecule has 0 bridgehead atoms. The van der Waals surface area contributed by atoms with Crippen molar-refractivity contribution in [1.29, 1.82) is 0 Å². The van der Waals surface area contributed by atoms with Crippen LogP contribution in [0.1, 0.15) is 35.7 Å². The summed E-state index contributed by atoms with van der Waals surface area (Å²) in [5, 5.41) is 15.0. The van der Waals surface area contributed by atoms with Crippen LogP contribution in [0.4, 0.5) is 10.8 Å². The monoisotopic (exact) mass is 431 g/mol. The molecule has 2 aromatic carbocycles. The molecule has 9 heteroatoms. The highest BCUT2D eigenvalue weighted by atomic mass is 32.2. The van der Waals surface area contributed by atoms with Crippen LogP contribution in [0.3, 0.4) is 0 Å². The molecule has 1 heterocycles. The summed E-state index contributed by atoms with van der Waals surface area (Å²) in [5.41, 5.74) is 3.02. The maximum atomic E-state index is 12.5. The molecule has 0 atom stereocenters. The first-order valence-electron chi connectivity index (χ1n) is 8.80. The second-order valence-electron chi connectivity index (χ2n) is 6.87. The van der Waals surface area contributed by atoms with Crippen LogP contribution in [0.25, 0.3) is 11.3 Å². The van der Waals surface area contributed by atoms with E-state index in [1.165, 1.54) is 11.3 Å². The Morgan fingerprint density at radius 2 is 1.83 bits per heavy atom. The van der Waals surface area contributed by atoms with Gasteiger partial charge in [-0.25, -0.2) is 13.4 Å². The fourth-order valence-corrected chi connectivity index (χ4v) is 3.93.